The number of nitrogens with zero attached hydrogens (tertiary/aromatic N) is 1. The van der Waals surface area contributed by atoms with Gasteiger partial charge < -0.3 is 10.4 Å². The summed E-state index contributed by atoms with van der Waals surface area (Å²) in [5, 5.41) is 12.9. The number of likely N-dealkylation sites (tertiary alicyclic amines) is 1. The second-order valence-electron chi connectivity index (χ2n) is 6.25. The standard InChI is InChI=1S/C14H28N2O2/c1-11(2)14(4,18)10-15-13(17)9-16-7-5-12(3)6-8-16/h11-12,18H,5-10H2,1-4H3,(H,15,17). The molecular weight excluding hydrogens is 228 g/mol. The van der Waals surface area contributed by atoms with Gasteiger partial charge in [-0.3, -0.25) is 9.69 Å². The summed E-state index contributed by atoms with van der Waals surface area (Å²) in [4.78, 5) is 14.0. The second-order valence-corrected chi connectivity index (χ2v) is 6.25. The van der Waals surface area contributed by atoms with Crippen molar-refractivity contribution in [1.29, 1.82) is 0 Å². The minimum Gasteiger partial charge on any atom is -0.388 e. The normalized spacial score (nSPS) is 21.9. The van der Waals surface area contributed by atoms with E-state index in [0.29, 0.717) is 13.1 Å². The maximum absolute atomic E-state index is 11.8. The fourth-order valence-corrected chi connectivity index (χ4v) is 1.96. The van der Waals surface area contributed by atoms with Crippen LogP contribution < -0.4 is 5.32 Å². The number of carbonyl (C=O) groups is 1. The van der Waals surface area contributed by atoms with Crippen LogP contribution in [-0.4, -0.2) is 47.7 Å². The molecule has 1 saturated heterocycles. The first-order valence-corrected chi connectivity index (χ1v) is 7.02. The summed E-state index contributed by atoms with van der Waals surface area (Å²) >= 11 is 0. The molecule has 1 unspecified atom stereocenters. The SMILES string of the molecule is CC1CCN(CC(=O)NCC(C)(O)C(C)C)CC1. The average molecular weight is 256 g/mol. The van der Waals surface area contributed by atoms with E-state index in [-0.39, 0.29) is 11.8 Å². The molecule has 0 aromatic heterocycles. The highest BCUT2D eigenvalue weighted by atomic mass is 16.3. The Morgan fingerprint density at radius 2 is 2.00 bits per heavy atom. The van der Waals surface area contributed by atoms with E-state index in [0.717, 1.165) is 19.0 Å². The van der Waals surface area contributed by atoms with Crippen molar-refractivity contribution >= 4 is 5.91 Å². The van der Waals surface area contributed by atoms with Gasteiger partial charge in [-0.25, -0.2) is 0 Å². The Morgan fingerprint density at radius 3 is 2.50 bits per heavy atom. The minimum absolute atomic E-state index is 0.0190. The van der Waals surface area contributed by atoms with Gasteiger partial charge in [-0.2, -0.15) is 0 Å². The summed E-state index contributed by atoms with van der Waals surface area (Å²) in [6, 6.07) is 0. The molecule has 1 atom stereocenters. The minimum atomic E-state index is -0.827. The fraction of sp³-hybridized carbons (Fsp3) is 0.929. The van der Waals surface area contributed by atoms with Gasteiger partial charge in [0.1, 0.15) is 0 Å². The fourth-order valence-electron chi connectivity index (χ4n) is 1.96. The van der Waals surface area contributed by atoms with E-state index in [1.54, 1.807) is 6.92 Å². The van der Waals surface area contributed by atoms with Crippen molar-refractivity contribution in [3.05, 3.63) is 0 Å². The number of rotatable bonds is 5. The van der Waals surface area contributed by atoms with Crippen LogP contribution in [0, 0.1) is 11.8 Å². The van der Waals surface area contributed by atoms with Gasteiger partial charge in [-0.15, -0.1) is 0 Å². The summed E-state index contributed by atoms with van der Waals surface area (Å²) in [5.74, 6) is 0.935. The van der Waals surface area contributed by atoms with E-state index in [1.807, 2.05) is 13.8 Å². The summed E-state index contributed by atoms with van der Waals surface area (Å²) in [7, 11) is 0. The molecule has 0 radical (unpaired) electrons. The third kappa shape index (κ3) is 4.94. The highest BCUT2D eigenvalue weighted by molar-refractivity contribution is 5.78. The molecule has 1 aliphatic rings. The van der Waals surface area contributed by atoms with Crippen molar-refractivity contribution < 1.29 is 9.90 Å². The maximum atomic E-state index is 11.8. The third-order valence-electron chi connectivity index (χ3n) is 4.13. The molecule has 4 nitrogen and oxygen atoms in total. The second kappa shape index (κ2) is 6.53. The van der Waals surface area contributed by atoms with Crippen molar-refractivity contribution in [2.24, 2.45) is 11.8 Å². The quantitative estimate of drug-likeness (QED) is 0.778. The molecule has 1 rings (SSSR count). The van der Waals surface area contributed by atoms with Gasteiger partial charge in [-0.05, 0) is 44.7 Å². The van der Waals surface area contributed by atoms with Gasteiger partial charge in [0.25, 0.3) is 0 Å². The molecule has 1 aliphatic heterocycles. The molecule has 0 bridgehead atoms. The molecule has 1 amide bonds. The molecule has 1 heterocycles. The lowest BCUT2D eigenvalue weighted by molar-refractivity contribution is -0.124. The van der Waals surface area contributed by atoms with E-state index < -0.39 is 5.60 Å². The Hall–Kier alpha value is -0.610. The van der Waals surface area contributed by atoms with Gasteiger partial charge >= 0.3 is 0 Å². The van der Waals surface area contributed by atoms with E-state index in [4.69, 9.17) is 0 Å². The maximum Gasteiger partial charge on any atom is 0.234 e. The Labute approximate surface area is 111 Å². The smallest absolute Gasteiger partial charge is 0.234 e. The van der Waals surface area contributed by atoms with Crippen molar-refractivity contribution in [1.82, 2.24) is 10.2 Å². The zero-order valence-corrected chi connectivity index (χ0v) is 12.2. The zero-order chi connectivity index (χ0) is 13.8. The Balaban J connectivity index is 2.26. The summed E-state index contributed by atoms with van der Waals surface area (Å²) in [5.41, 5.74) is -0.827. The zero-order valence-electron chi connectivity index (χ0n) is 12.2. The molecule has 0 aliphatic carbocycles. The molecule has 106 valence electrons. The number of piperidine rings is 1. The van der Waals surface area contributed by atoms with Gasteiger partial charge in [0.15, 0.2) is 0 Å². The lowest BCUT2D eigenvalue weighted by atomic mass is 9.92. The lowest BCUT2D eigenvalue weighted by Gasteiger charge is -2.31. The highest BCUT2D eigenvalue weighted by Gasteiger charge is 2.26. The number of hydrogen-bond donors (Lipinski definition) is 2. The largest absolute Gasteiger partial charge is 0.388 e. The summed E-state index contributed by atoms with van der Waals surface area (Å²) in [6.45, 7) is 10.7. The molecule has 1 fully saturated rings. The molecule has 0 aromatic rings. The van der Waals surface area contributed by atoms with Crippen LogP contribution >= 0.6 is 0 Å². The number of amides is 1. The monoisotopic (exact) mass is 256 g/mol. The Morgan fingerprint density at radius 1 is 1.44 bits per heavy atom. The molecule has 0 aromatic carbocycles. The predicted octanol–water partition coefficient (Wildman–Crippen LogP) is 1.24. The Kier molecular flexibility index (Phi) is 5.60. The van der Waals surface area contributed by atoms with Crippen LogP contribution in [0.1, 0.15) is 40.5 Å². The van der Waals surface area contributed by atoms with Gasteiger partial charge in [-0.1, -0.05) is 20.8 Å². The van der Waals surface area contributed by atoms with Crippen LogP contribution in [0.5, 0.6) is 0 Å². The van der Waals surface area contributed by atoms with Crippen molar-refractivity contribution in [2.45, 2.75) is 46.1 Å². The highest BCUT2D eigenvalue weighted by Crippen LogP contribution is 2.16. The van der Waals surface area contributed by atoms with E-state index in [1.165, 1.54) is 12.8 Å². The van der Waals surface area contributed by atoms with E-state index in [2.05, 4.69) is 17.1 Å². The van der Waals surface area contributed by atoms with Gasteiger partial charge in [0.05, 0.1) is 12.1 Å². The van der Waals surface area contributed by atoms with E-state index >= 15 is 0 Å². The number of aliphatic hydroxyl groups is 1. The average Bonchev–Trinajstić information content (AvgIpc) is 2.29. The van der Waals surface area contributed by atoms with Gasteiger partial charge in [0, 0.05) is 6.54 Å². The van der Waals surface area contributed by atoms with Crippen molar-refractivity contribution in [3.63, 3.8) is 0 Å². The summed E-state index contributed by atoms with van der Waals surface area (Å²) in [6.07, 6.45) is 2.36. The van der Waals surface area contributed by atoms with Crippen LogP contribution in [0.3, 0.4) is 0 Å². The van der Waals surface area contributed by atoms with Crippen molar-refractivity contribution in [2.75, 3.05) is 26.2 Å². The van der Waals surface area contributed by atoms with Crippen LogP contribution in [-0.2, 0) is 4.79 Å². The molecule has 18 heavy (non-hydrogen) atoms. The predicted molar refractivity (Wildman–Crippen MR) is 73.3 cm³/mol. The first-order chi connectivity index (χ1) is 8.31. The van der Waals surface area contributed by atoms with Crippen LogP contribution in [0.15, 0.2) is 0 Å². The molecular formula is C14H28N2O2. The molecule has 0 saturated carbocycles. The number of nitrogens with one attached hydrogen (secondary N) is 1. The first-order valence-electron chi connectivity index (χ1n) is 7.02. The third-order valence-corrected chi connectivity index (χ3v) is 4.13. The molecule has 2 N–H and O–H groups in total. The number of hydrogen-bond acceptors (Lipinski definition) is 3. The molecule has 4 heteroatoms. The van der Waals surface area contributed by atoms with Crippen LogP contribution in [0.4, 0.5) is 0 Å². The molecule has 0 spiro atoms. The topological polar surface area (TPSA) is 52.6 Å². The van der Waals surface area contributed by atoms with Crippen LogP contribution in [0.2, 0.25) is 0 Å². The number of carbonyl (C=O) groups excluding carboxylic acids is 1. The lowest BCUT2D eigenvalue weighted by Crippen LogP contribution is -2.48. The van der Waals surface area contributed by atoms with E-state index in [9.17, 15) is 9.90 Å². The van der Waals surface area contributed by atoms with Gasteiger partial charge in [0.2, 0.25) is 5.91 Å². The first kappa shape index (κ1) is 15.4. The van der Waals surface area contributed by atoms with Crippen molar-refractivity contribution in [3.8, 4) is 0 Å². The summed E-state index contributed by atoms with van der Waals surface area (Å²) < 4.78 is 0. The van der Waals surface area contributed by atoms with Crippen LogP contribution in [0.25, 0.3) is 0 Å². The Bertz CT molecular complexity index is 269.